The SMILES string of the molecule is Clc1ccc(-n2nc(-c3cccnc3)c3c2NCCCC3)c(Cl)c1. The zero-order valence-electron chi connectivity index (χ0n) is 13.0. The van der Waals surface area contributed by atoms with E-state index in [2.05, 4.69) is 10.3 Å². The third-order valence-electron chi connectivity index (χ3n) is 4.20. The van der Waals surface area contributed by atoms with Crippen LogP contribution in [-0.2, 0) is 6.42 Å². The van der Waals surface area contributed by atoms with Gasteiger partial charge in [-0.3, -0.25) is 4.98 Å². The summed E-state index contributed by atoms with van der Waals surface area (Å²) in [6, 6.07) is 9.44. The standard InChI is InChI=1S/C18H16Cl2N4/c19-13-6-7-16(15(20)10-13)24-18-14(5-1-2-9-22-18)17(23-24)12-4-3-8-21-11-12/h3-4,6-8,10-11,22H,1-2,5,9H2. The summed E-state index contributed by atoms with van der Waals surface area (Å²) in [6.45, 7) is 0.927. The summed E-state index contributed by atoms with van der Waals surface area (Å²) in [7, 11) is 0. The van der Waals surface area contributed by atoms with Gasteiger partial charge in [-0.2, -0.15) is 5.10 Å². The van der Waals surface area contributed by atoms with Crippen molar-refractivity contribution < 1.29 is 0 Å². The van der Waals surface area contributed by atoms with Crippen molar-refractivity contribution in [2.24, 2.45) is 0 Å². The number of halogens is 2. The smallest absolute Gasteiger partial charge is 0.133 e. The molecule has 24 heavy (non-hydrogen) atoms. The van der Waals surface area contributed by atoms with Crippen molar-refractivity contribution in [1.29, 1.82) is 0 Å². The molecule has 0 aliphatic carbocycles. The number of aromatic nitrogens is 3. The van der Waals surface area contributed by atoms with Crippen molar-refractivity contribution in [3.63, 3.8) is 0 Å². The Bertz CT molecular complexity index is 874. The maximum absolute atomic E-state index is 6.42. The molecule has 0 unspecified atom stereocenters. The van der Waals surface area contributed by atoms with Gasteiger partial charge in [-0.05, 0) is 49.6 Å². The Morgan fingerprint density at radius 1 is 1.12 bits per heavy atom. The quantitative estimate of drug-likeness (QED) is 0.701. The van der Waals surface area contributed by atoms with Crippen LogP contribution in [0.25, 0.3) is 16.9 Å². The Morgan fingerprint density at radius 3 is 2.83 bits per heavy atom. The van der Waals surface area contributed by atoms with E-state index in [0.717, 1.165) is 48.6 Å². The van der Waals surface area contributed by atoms with E-state index in [-0.39, 0.29) is 0 Å². The maximum Gasteiger partial charge on any atom is 0.133 e. The third kappa shape index (κ3) is 2.76. The summed E-state index contributed by atoms with van der Waals surface area (Å²) in [5, 5.41) is 9.56. The number of hydrogen-bond acceptors (Lipinski definition) is 3. The topological polar surface area (TPSA) is 42.7 Å². The molecule has 3 heterocycles. The molecule has 6 heteroatoms. The van der Waals surface area contributed by atoms with Crippen LogP contribution in [-0.4, -0.2) is 21.3 Å². The largest absolute Gasteiger partial charge is 0.370 e. The van der Waals surface area contributed by atoms with Gasteiger partial charge in [0, 0.05) is 35.1 Å². The molecular formula is C18H16Cl2N4. The normalized spacial score (nSPS) is 13.9. The number of rotatable bonds is 2. The van der Waals surface area contributed by atoms with Crippen LogP contribution in [0.2, 0.25) is 10.0 Å². The fourth-order valence-corrected chi connectivity index (χ4v) is 3.55. The molecule has 2 aromatic heterocycles. The molecule has 1 aliphatic rings. The van der Waals surface area contributed by atoms with Gasteiger partial charge in [0.05, 0.1) is 16.4 Å². The molecule has 0 amide bonds. The first-order chi connectivity index (χ1) is 11.7. The molecule has 3 aromatic rings. The first kappa shape index (κ1) is 15.5. The van der Waals surface area contributed by atoms with Gasteiger partial charge in [0.1, 0.15) is 5.82 Å². The summed E-state index contributed by atoms with van der Waals surface area (Å²) >= 11 is 12.5. The number of nitrogens with zero attached hydrogens (tertiary/aromatic N) is 3. The lowest BCUT2D eigenvalue weighted by molar-refractivity contribution is 0.780. The fraction of sp³-hybridized carbons (Fsp3) is 0.222. The van der Waals surface area contributed by atoms with Gasteiger partial charge >= 0.3 is 0 Å². The Balaban J connectivity index is 1.93. The van der Waals surface area contributed by atoms with E-state index in [1.807, 2.05) is 35.1 Å². The maximum atomic E-state index is 6.42. The van der Waals surface area contributed by atoms with Crippen LogP contribution in [0.5, 0.6) is 0 Å². The summed E-state index contributed by atoms with van der Waals surface area (Å²) < 4.78 is 1.89. The highest BCUT2D eigenvalue weighted by atomic mass is 35.5. The van der Waals surface area contributed by atoms with Crippen LogP contribution in [0.1, 0.15) is 18.4 Å². The minimum atomic E-state index is 0.580. The lowest BCUT2D eigenvalue weighted by Crippen LogP contribution is -2.07. The molecule has 1 aromatic carbocycles. The summed E-state index contributed by atoms with van der Waals surface area (Å²) in [6.07, 6.45) is 6.87. The van der Waals surface area contributed by atoms with Gasteiger partial charge in [-0.1, -0.05) is 23.2 Å². The molecule has 1 aliphatic heterocycles. The van der Waals surface area contributed by atoms with Crippen LogP contribution in [0.3, 0.4) is 0 Å². The Hall–Kier alpha value is -2.04. The third-order valence-corrected chi connectivity index (χ3v) is 4.74. The highest BCUT2D eigenvalue weighted by Crippen LogP contribution is 2.35. The van der Waals surface area contributed by atoms with Gasteiger partial charge in [0.15, 0.2) is 0 Å². The van der Waals surface area contributed by atoms with Crippen molar-refractivity contribution in [3.05, 3.63) is 58.3 Å². The number of fused-ring (bicyclic) bond motifs is 1. The van der Waals surface area contributed by atoms with Crippen LogP contribution < -0.4 is 5.32 Å². The summed E-state index contributed by atoms with van der Waals surface area (Å²) in [5.74, 6) is 1.01. The zero-order chi connectivity index (χ0) is 16.5. The number of nitrogens with one attached hydrogen (secondary N) is 1. The van der Waals surface area contributed by atoms with Crippen molar-refractivity contribution in [2.45, 2.75) is 19.3 Å². The summed E-state index contributed by atoms with van der Waals surface area (Å²) in [4.78, 5) is 4.23. The number of benzene rings is 1. The average molecular weight is 359 g/mol. The minimum absolute atomic E-state index is 0.580. The summed E-state index contributed by atoms with van der Waals surface area (Å²) in [5.41, 5.74) is 4.01. The van der Waals surface area contributed by atoms with Crippen molar-refractivity contribution in [3.8, 4) is 16.9 Å². The first-order valence-electron chi connectivity index (χ1n) is 7.95. The molecule has 4 nitrogen and oxygen atoms in total. The average Bonchev–Trinajstić information content (AvgIpc) is 2.78. The van der Waals surface area contributed by atoms with Gasteiger partial charge in [0.2, 0.25) is 0 Å². The highest BCUT2D eigenvalue weighted by molar-refractivity contribution is 6.35. The van der Waals surface area contributed by atoms with Crippen LogP contribution in [0, 0.1) is 0 Å². The molecule has 4 rings (SSSR count). The number of pyridine rings is 1. The molecule has 122 valence electrons. The van der Waals surface area contributed by atoms with E-state index in [0.29, 0.717) is 10.0 Å². The highest BCUT2D eigenvalue weighted by Gasteiger charge is 2.22. The molecule has 1 N–H and O–H groups in total. The van der Waals surface area contributed by atoms with Gasteiger partial charge < -0.3 is 5.32 Å². The van der Waals surface area contributed by atoms with Gasteiger partial charge in [-0.15, -0.1) is 0 Å². The predicted octanol–water partition coefficient (Wildman–Crippen LogP) is 4.99. The second kappa shape index (κ2) is 6.46. The Kier molecular flexibility index (Phi) is 4.17. The number of anilines is 1. The van der Waals surface area contributed by atoms with Crippen molar-refractivity contribution in [1.82, 2.24) is 14.8 Å². The molecule has 0 radical (unpaired) electrons. The van der Waals surface area contributed by atoms with Crippen molar-refractivity contribution in [2.75, 3.05) is 11.9 Å². The van der Waals surface area contributed by atoms with Crippen LogP contribution >= 0.6 is 23.2 Å². The monoisotopic (exact) mass is 358 g/mol. The molecule has 0 spiro atoms. The van der Waals surface area contributed by atoms with E-state index < -0.39 is 0 Å². The van der Waals surface area contributed by atoms with E-state index in [4.69, 9.17) is 28.3 Å². The van der Waals surface area contributed by atoms with Crippen molar-refractivity contribution >= 4 is 29.0 Å². The Labute approximate surface area is 150 Å². The Morgan fingerprint density at radius 2 is 2.04 bits per heavy atom. The minimum Gasteiger partial charge on any atom is -0.370 e. The van der Waals surface area contributed by atoms with Gasteiger partial charge in [-0.25, -0.2) is 4.68 Å². The van der Waals surface area contributed by atoms with Crippen LogP contribution in [0.15, 0.2) is 42.7 Å². The fourth-order valence-electron chi connectivity index (χ4n) is 3.06. The molecule has 0 fully saturated rings. The van der Waals surface area contributed by atoms with Crippen LogP contribution in [0.4, 0.5) is 5.82 Å². The molecule has 0 saturated heterocycles. The lowest BCUT2D eigenvalue weighted by atomic mass is 10.1. The molecular weight excluding hydrogens is 343 g/mol. The lowest BCUT2D eigenvalue weighted by Gasteiger charge is -2.10. The van der Waals surface area contributed by atoms with E-state index in [1.165, 1.54) is 5.56 Å². The van der Waals surface area contributed by atoms with E-state index >= 15 is 0 Å². The van der Waals surface area contributed by atoms with E-state index in [1.54, 1.807) is 12.3 Å². The van der Waals surface area contributed by atoms with E-state index in [9.17, 15) is 0 Å². The molecule has 0 bridgehead atoms. The second-order valence-corrected chi connectivity index (χ2v) is 6.65. The number of hydrogen-bond donors (Lipinski definition) is 1. The predicted molar refractivity (Wildman–Crippen MR) is 98.2 cm³/mol. The molecule has 0 atom stereocenters. The molecule has 0 saturated carbocycles. The zero-order valence-corrected chi connectivity index (χ0v) is 14.5. The first-order valence-corrected chi connectivity index (χ1v) is 8.71. The van der Waals surface area contributed by atoms with Gasteiger partial charge in [0.25, 0.3) is 0 Å². The second-order valence-electron chi connectivity index (χ2n) is 5.81.